The fourth-order valence-corrected chi connectivity index (χ4v) is 2.26. The second kappa shape index (κ2) is 5.90. The van der Waals surface area contributed by atoms with Gasteiger partial charge in [-0.25, -0.2) is 0 Å². The molecule has 2 rings (SSSR count). The van der Waals surface area contributed by atoms with Crippen molar-refractivity contribution in [1.82, 2.24) is 15.1 Å². The molecule has 1 aliphatic heterocycles. The average molecular weight is 288 g/mol. The van der Waals surface area contributed by atoms with Gasteiger partial charge in [-0.1, -0.05) is 11.6 Å². The predicted molar refractivity (Wildman–Crippen MR) is 70.4 cm³/mol. The van der Waals surface area contributed by atoms with E-state index in [-0.39, 0.29) is 23.7 Å². The van der Waals surface area contributed by atoms with Crippen molar-refractivity contribution in [3.05, 3.63) is 16.4 Å². The Bertz CT molecular complexity index is 475. The molecule has 0 unspecified atom stereocenters. The van der Waals surface area contributed by atoms with Crippen molar-refractivity contribution < 1.29 is 14.3 Å². The Balaban J connectivity index is 2.06. The van der Waals surface area contributed by atoms with Crippen LogP contribution in [0, 0.1) is 6.92 Å². The van der Waals surface area contributed by atoms with Gasteiger partial charge in [0.05, 0.1) is 30.0 Å². The van der Waals surface area contributed by atoms with Crippen LogP contribution in [0.5, 0.6) is 0 Å². The fourth-order valence-electron chi connectivity index (χ4n) is 2.01. The summed E-state index contributed by atoms with van der Waals surface area (Å²) in [7, 11) is 1.75. The van der Waals surface area contributed by atoms with Crippen molar-refractivity contribution in [1.29, 1.82) is 0 Å². The summed E-state index contributed by atoms with van der Waals surface area (Å²) in [5.41, 5.74) is 1.000. The molecule has 1 fully saturated rings. The Morgan fingerprint density at radius 2 is 2.37 bits per heavy atom. The van der Waals surface area contributed by atoms with Gasteiger partial charge in [-0.2, -0.15) is 5.10 Å². The van der Waals surface area contributed by atoms with Crippen LogP contribution < -0.4 is 5.32 Å². The lowest BCUT2D eigenvalue weighted by Crippen LogP contribution is -2.44. The first kappa shape index (κ1) is 14.3. The van der Waals surface area contributed by atoms with Gasteiger partial charge in [-0.15, -0.1) is 0 Å². The zero-order valence-electron chi connectivity index (χ0n) is 11.3. The Labute approximate surface area is 117 Å². The molecule has 0 saturated carbocycles. The van der Waals surface area contributed by atoms with E-state index in [9.17, 15) is 4.79 Å². The zero-order valence-corrected chi connectivity index (χ0v) is 12.0. The van der Waals surface area contributed by atoms with Gasteiger partial charge in [0.15, 0.2) is 5.69 Å². The third kappa shape index (κ3) is 2.91. The lowest BCUT2D eigenvalue weighted by molar-refractivity contribution is 0.0402. The van der Waals surface area contributed by atoms with Crippen LogP contribution in [-0.4, -0.2) is 47.7 Å². The molecule has 6 nitrogen and oxygen atoms in total. The summed E-state index contributed by atoms with van der Waals surface area (Å²) in [6, 6.07) is -0.161. The molecule has 7 heteroatoms. The van der Waals surface area contributed by atoms with Crippen LogP contribution >= 0.6 is 11.6 Å². The first-order valence-corrected chi connectivity index (χ1v) is 6.61. The molecule has 19 heavy (non-hydrogen) atoms. The molecule has 106 valence electrons. The van der Waals surface area contributed by atoms with E-state index in [1.807, 2.05) is 13.8 Å². The highest BCUT2D eigenvalue weighted by Crippen LogP contribution is 2.19. The summed E-state index contributed by atoms with van der Waals surface area (Å²) in [6.45, 7) is 5.25. The summed E-state index contributed by atoms with van der Waals surface area (Å²) in [4.78, 5) is 12.2. The van der Waals surface area contributed by atoms with Crippen LogP contribution in [0.15, 0.2) is 0 Å². The molecule has 1 aliphatic rings. The van der Waals surface area contributed by atoms with E-state index in [2.05, 4.69) is 10.4 Å². The number of carbonyl (C=O) groups excluding carboxylic acids is 1. The molecule has 2 atom stereocenters. The molecule has 1 N–H and O–H groups in total. The quantitative estimate of drug-likeness (QED) is 0.894. The number of aryl methyl sites for hydroxylation is 1. The first-order valence-electron chi connectivity index (χ1n) is 6.23. The van der Waals surface area contributed by atoms with E-state index in [0.29, 0.717) is 24.8 Å². The Morgan fingerprint density at radius 1 is 1.63 bits per heavy atom. The molecule has 0 radical (unpaired) electrons. The van der Waals surface area contributed by atoms with Gasteiger partial charge in [0.2, 0.25) is 0 Å². The zero-order chi connectivity index (χ0) is 14.0. The summed E-state index contributed by atoms with van der Waals surface area (Å²) in [5, 5.41) is 7.36. The van der Waals surface area contributed by atoms with Crippen molar-refractivity contribution in [2.75, 3.05) is 19.8 Å². The molecular formula is C12H18ClN3O3. The second-order valence-electron chi connectivity index (χ2n) is 4.48. The molecule has 0 aromatic carbocycles. The smallest absolute Gasteiger partial charge is 0.273 e. The third-order valence-electron chi connectivity index (χ3n) is 3.20. The van der Waals surface area contributed by atoms with E-state index in [0.717, 1.165) is 5.69 Å². The number of aromatic nitrogens is 2. The number of rotatable bonds is 4. The van der Waals surface area contributed by atoms with Gasteiger partial charge in [0, 0.05) is 13.7 Å². The minimum Gasteiger partial charge on any atom is -0.376 e. The highest BCUT2D eigenvalue weighted by molar-refractivity contribution is 6.34. The van der Waals surface area contributed by atoms with Gasteiger partial charge < -0.3 is 14.8 Å². The van der Waals surface area contributed by atoms with Crippen molar-refractivity contribution in [3.63, 3.8) is 0 Å². The van der Waals surface area contributed by atoms with Crippen molar-refractivity contribution in [3.8, 4) is 0 Å². The minimum atomic E-state index is -0.297. The molecular weight excluding hydrogens is 270 g/mol. The Hall–Kier alpha value is -1.11. The van der Waals surface area contributed by atoms with E-state index < -0.39 is 0 Å². The topological polar surface area (TPSA) is 65.4 Å². The molecule has 2 heterocycles. The molecule has 0 bridgehead atoms. The van der Waals surface area contributed by atoms with Crippen molar-refractivity contribution in [2.45, 2.75) is 26.0 Å². The summed E-state index contributed by atoms with van der Waals surface area (Å²) in [5.74, 6) is -0.297. The molecule has 1 aromatic heterocycles. The average Bonchev–Trinajstić information content (AvgIpc) is 2.90. The van der Waals surface area contributed by atoms with Gasteiger partial charge >= 0.3 is 0 Å². The Kier molecular flexibility index (Phi) is 4.44. The van der Waals surface area contributed by atoms with Crippen LogP contribution in [0.2, 0.25) is 5.02 Å². The highest BCUT2D eigenvalue weighted by atomic mass is 35.5. The minimum absolute atomic E-state index is 0.113. The number of ether oxygens (including phenoxy) is 2. The van der Waals surface area contributed by atoms with E-state index >= 15 is 0 Å². The largest absolute Gasteiger partial charge is 0.376 e. The van der Waals surface area contributed by atoms with Crippen LogP contribution in [0.4, 0.5) is 0 Å². The molecule has 1 amide bonds. The maximum absolute atomic E-state index is 12.2. The SMILES string of the molecule is CCO[C@H]1COC[C@@H]1NC(=O)c1nn(C)c(C)c1Cl. The van der Waals surface area contributed by atoms with Gasteiger partial charge in [0.1, 0.15) is 6.10 Å². The number of nitrogens with one attached hydrogen (secondary N) is 1. The monoisotopic (exact) mass is 287 g/mol. The van der Waals surface area contributed by atoms with Crippen molar-refractivity contribution in [2.24, 2.45) is 7.05 Å². The Morgan fingerprint density at radius 3 is 2.95 bits per heavy atom. The van der Waals surface area contributed by atoms with Gasteiger partial charge in [-0.3, -0.25) is 9.48 Å². The predicted octanol–water partition coefficient (Wildman–Crippen LogP) is 0.916. The number of amides is 1. The number of hydrogen-bond donors (Lipinski definition) is 1. The van der Waals surface area contributed by atoms with E-state index in [1.165, 1.54) is 0 Å². The molecule has 1 aromatic rings. The number of nitrogens with zero attached hydrogens (tertiary/aromatic N) is 2. The fraction of sp³-hybridized carbons (Fsp3) is 0.667. The van der Waals surface area contributed by atoms with Crippen LogP contribution in [-0.2, 0) is 16.5 Å². The maximum atomic E-state index is 12.2. The summed E-state index contributed by atoms with van der Waals surface area (Å²) >= 11 is 6.09. The lowest BCUT2D eigenvalue weighted by Gasteiger charge is -2.18. The number of hydrogen-bond acceptors (Lipinski definition) is 4. The number of carbonyl (C=O) groups is 1. The third-order valence-corrected chi connectivity index (χ3v) is 3.65. The molecule has 1 saturated heterocycles. The standard InChI is InChI=1S/C12H18ClN3O3/c1-4-19-9-6-18-5-8(9)14-12(17)11-10(13)7(2)16(3)15-11/h8-9H,4-6H2,1-3H3,(H,14,17)/t8-,9-/m0/s1. The first-order chi connectivity index (χ1) is 9.04. The summed E-state index contributed by atoms with van der Waals surface area (Å²) in [6.07, 6.45) is -0.113. The van der Waals surface area contributed by atoms with Gasteiger partial charge in [0.25, 0.3) is 5.91 Å². The normalized spacial score (nSPS) is 22.7. The molecule has 0 aliphatic carbocycles. The summed E-state index contributed by atoms with van der Waals surface area (Å²) < 4.78 is 12.4. The van der Waals surface area contributed by atoms with E-state index in [4.69, 9.17) is 21.1 Å². The highest BCUT2D eigenvalue weighted by Gasteiger charge is 2.31. The van der Waals surface area contributed by atoms with Crippen LogP contribution in [0.25, 0.3) is 0 Å². The second-order valence-corrected chi connectivity index (χ2v) is 4.86. The van der Waals surface area contributed by atoms with Crippen molar-refractivity contribution >= 4 is 17.5 Å². The molecule has 0 spiro atoms. The maximum Gasteiger partial charge on any atom is 0.273 e. The van der Waals surface area contributed by atoms with Crippen LogP contribution in [0.1, 0.15) is 23.1 Å². The van der Waals surface area contributed by atoms with E-state index in [1.54, 1.807) is 11.7 Å². The van der Waals surface area contributed by atoms with Crippen LogP contribution in [0.3, 0.4) is 0 Å². The van der Waals surface area contributed by atoms with Gasteiger partial charge in [-0.05, 0) is 13.8 Å². The number of halogens is 1. The lowest BCUT2D eigenvalue weighted by atomic mass is 10.2.